The summed E-state index contributed by atoms with van der Waals surface area (Å²) in [5, 5.41) is 2.79. The van der Waals surface area contributed by atoms with Crippen molar-refractivity contribution in [1.82, 2.24) is 5.32 Å². The van der Waals surface area contributed by atoms with Gasteiger partial charge in [-0.1, -0.05) is 13.8 Å². The van der Waals surface area contributed by atoms with Gasteiger partial charge < -0.3 is 5.32 Å². The van der Waals surface area contributed by atoms with E-state index in [1.54, 1.807) is 6.92 Å². The summed E-state index contributed by atoms with van der Waals surface area (Å²) in [6, 6.07) is 0.141. The van der Waals surface area contributed by atoms with Crippen LogP contribution in [-0.2, 0) is 9.59 Å². The highest BCUT2D eigenvalue weighted by Crippen LogP contribution is 2.16. The summed E-state index contributed by atoms with van der Waals surface area (Å²) in [6.07, 6.45) is 0.311. The summed E-state index contributed by atoms with van der Waals surface area (Å²) in [5.41, 5.74) is 0. The van der Waals surface area contributed by atoms with Crippen LogP contribution in [0.1, 0.15) is 41.0 Å². The van der Waals surface area contributed by atoms with Crippen molar-refractivity contribution in [3.63, 3.8) is 0 Å². The summed E-state index contributed by atoms with van der Waals surface area (Å²) in [5.74, 6) is 0.145. The molecule has 0 radical (unpaired) electrons. The fraction of sp³-hybridized carbons (Fsp3) is 0.818. The minimum Gasteiger partial charge on any atom is -0.354 e. The van der Waals surface area contributed by atoms with Crippen molar-refractivity contribution in [2.45, 2.75) is 47.1 Å². The Morgan fingerprint density at radius 2 is 1.64 bits per heavy atom. The van der Waals surface area contributed by atoms with Crippen LogP contribution in [-0.4, -0.2) is 17.7 Å². The standard InChI is InChI=1S/C11H21NO2/c1-7(2)10(9(5)13)6-11(14)12-8(3)4/h7-8,10H,6H2,1-5H3,(H,12,14). The average Bonchev–Trinajstić information content (AvgIpc) is 1.97. The predicted molar refractivity (Wildman–Crippen MR) is 56.9 cm³/mol. The van der Waals surface area contributed by atoms with Crippen LogP contribution in [0, 0.1) is 11.8 Å². The molecule has 0 heterocycles. The molecule has 1 amide bonds. The summed E-state index contributed by atoms with van der Waals surface area (Å²) in [4.78, 5) is 22.6. The molecule has 14 heavy (non-hydrogen) atoms. The lowest BCUT2D eigenvalue weighted by molar-refractivity contribution is -0.129. The van der Waals surface area contributed by atoms with Gasteiger partial charge in [-0.2, -0.15) is 0 Å². The molecule has 1 N–H and O–H groups in total. The van der Waals surface area contributed by atoms with Crippen molar-refractivity contribution >= 4 is 11.7 Å². The van der Waals surface area contributed by atoms with E-state index in [1.807, 2.05) is 27.7 Å². The zero-order valence-corrected chi connectivity index (χ0v) is 9.76. The van der Waals surface area contributed by atoms with E-state index in [4.69, 9.17) is 0 Å². The van der Waals surface area contributed by atoms with Crippen molar-refractivity contribution in [3.8, 4) is 0 Å². The van der Waals surface area contributed by atoms with Crippen LogP contribution in [0.15, 0.2) is 0 Å². The molecule has 0 bridgehead atoms. The Hall–Kier alpha value is -0.860. The number of rotatable bonds is 5. The van der Waals surface area contributed by atoms with Gasteiger partial charge in [0.1, 0.15) is 5.78 Å². The summed E-state index contributed by atoms with van der Waals surface area (Å²) in [6.45, 7) is 9.31. The smallest absolute Gasteiger partial charge is 0.220 e. The molecule has 3 heteroatoms. The van der Waals surface area contributed by atoms with E-state index in [0.29, 0.717) is 6.42 Å². The van der Waals surface area contributed by atoms with Gasteiger partial charge in [-0.05, 0) is 26.7 Å². The highest BCUT2D eigenvalue weighted by Gasteiger charge is 2.21. The van der Waals surface area contributed by atoms with Gasteiger partial charge in [-0.3, -0.25) is 9.59 Å². The Labute approximate surface area is 86.3 Å². The predicted octanol–water partition coefficient (Wildman–Crippen LogP) is 1.76. The van der Waals surface area contributed by atoms with Gasteiger partial charge in [-0.25, -0.2) is 0 Å². The third-order valence-electron chi connectivity index (χ3n) is 2.18. The molecular weight excluding hydrogens is 178 g/mol. The number of carbonyl (C=O) groups is 2. The molecule has 0 aromatic rings. The van der Waals surface area contributed by atoms with Crippen LogP contribution in [0.3, 0.4) is 0 Å². The fourth-order valence-electron chi connectivity index (χ4n) is 1.43. The molecule has 0 spiro atoms. The van der Waals surface area contributed by atoms with Gasteiger partial charge in [0.2, 0.25) is 5.91 Å². The first-order chi connectivity index (χ1) is 6.34. The zero-order chi connectivity index (χ0) is 11.3. The van der Waals surface area contributed by atoms with Crippen LogP contribution in [0.5, 0.6) is 0 Å². The largest absolute Gasteiger partial charge is 0.354 e. The van der Waals surface area contributed by atoms with E-state index in [0.717, 1.165) is 0 Å². The molecule has 0 aromatic carbocycles. The van der Waals surface area contributed by atoms with Crippen molar-refractivity contribution in [3.05, 3.63) is 0 Å². The molecule has 3 nitrogen and oxygen atoms in total. The molecule has 0 aliphatic carbocycles. The SMILES string of the molecule is CC(=O)C(CC(=O)NC(C)C)C(C)C. The summed E-state index contributed by atoms with van der Waals surface area (Å²) in [7, 11) is 0. The van der Waals surface area contributed by atoms with Crippen LogP contribution in [0.4, 0.5) is 0 Å². The lowest BCUT2D eigenvalue weighted by Crippen LogP contribution is -2.34. The number of Topliss-reactive ketones (excluding diaryl/α,β-unsaturated/α-hetero) is 1. The maximum atomic E-state index is 11.4. The first-order valence-corrected chi connectivity index (χ1v) is 5.14. The Kier molecular flexibility index (Phi) is 5.43. The summed E-state index contributed by atoms with van der Waals surface area (Å²) < 4.78 is 0. The molecule has 1 atom stereocenters. The van der Waals surface area contributed by atoms with E-state index in [-0.39, 0.29) is 29.6 Å². The monoisotopic (exact) mass is 199 g/mol. The lowest BCUT2D eigenvalue weighted by Gasteiger charge is -2.18. The Bertz CT molecular complexity index is 209. The molecule has 0 aromatic heterocycles. The second-order valence-electron chi connectivity index (χ2n) is 4.39. The van der Waals surface area contributed by atoms with Crippen LogP contribution >= 0.6 is 0 Å². The highest BCUT2D eigenvalue weighted by molar-refractivity contribution is 5.85. The molecule has 0 aliphatic rings. The first kappa shape index (κ1) is 13.1. The van der Waals surface area contributed by atoms with E-state index in [2.05, 4.69) is 5.32 Å². The second kappa shape index (κ2) is 5.78. The molecule has 1 unspecified atom stereocenters. The van der Waals surface area contributed by atoms with Gasteiger partial charge in [0.05, 0.1) is 0 Å². The maximum absolute atomic E-state index is 11.4. The van der Waals surface area contributed by atoms with Crippen molar-refractivity contribution in [2.24, 2.45) is 11.8 Å². The lowest BCUT2D eigenvalue weighted by atomic mass is 9.89. The molecular formula is C11H21NO2. The first-order valence-electron chi connectivity index (χ1n) is 5.14. The molecule has 0 fully saturated rings. The van der Waals surface area contributed by atoms with Crippen molar-refractivity contribution in [1.29, 1.82) is 0 Å². The van der Waals surface area contributed by atoms with E-state index in [1.165, 1.54) is 0 Å². The highest BCUT2D eigenvalue weighted by atomic mass is 16.2. The van der Waals surface area contributed by atoms with Gasteiger partial charge in [0, 0.05) is 18.4 Å². The average molecular weight is 199 g/mol. The molecule has 82 valence electrons. The number of hydrogen-bond acceptors (Lipinski definition) is 2. The molecule has 0 saturated heterocycles. The second-order valence-corrected chi connectivity index (χ2v) is 4.39. The van der Waals surface area contributed by atoms with Gasteiger partial charge in [0.15, 0.2) is 0 Å². The van der Waals surface area contributed by atoms with E-state index < -0.39 is 0 Å². The number of nitrogens with one attached hydrogen (secondary N) is 1. The summed E-state index contributed by atoms with van der Waals surface area (Å²) >= 11 is 0. The normalized spacial score (nSPS) is 13.1. The van der Waals surface area contributed by atoms with Crippen molar-refractivity contribution in [2.75, 3.05) is 0 Å². The Balaban J connectivity index is 4.17. The quantitative estimate of drug-likeness (QED) is 0.733. The zero-order valence-electron chi connectivity index (χ0n) is 9.76. The third-order valence-corrected chi connectivity index (χ3v) is 2.18. The van der Waals surface area contributed by atoms with E-state index >= 15 is 0 Å². The minimum absolute atomic E-state index is 0.0334. The fourth-order valence-corrected chi connectivity index (χ4v) is 1.43. The van der Waals surface area contributed by atoms with Gasteiger partial charge in [0.25, 0.3) is 0 Å². The molecule has 0 rings (SSSR count). The van der Waals surface area contributed by atoms with Crippen LogP contribution in [0.2, 0.25) is 0 Å². The van der Waals surface area contributed by atoms with E-state index in [9.17, 15) is 9.59 Å². The Morgan fingerprint density at radius 3 is 1.93 bits per heavy atom. The number of carbonyl (C=O) groups excluding carboxylic acids is 2. The van der Waals surface area contributed by atoms with Crippen LogP contribution < -0.4 is 5.32 Å². The van der Waals surface area contributed by atoms with Crippen LogP contribution in [0.25, 0.3) is 0 Å². The number of amides is 1. The molecule has 0 saturated carbocycles. The van der Waals surface area contributed by atoms with Crippen molar-refractivity contribution < 1.29 is 9.59 Å². The number of ketones is 1. The number of hydrogen-bond donors (Lipinski definition) is 1. The third kappa shape index (κ3) is 5.00. The molecule has 0 aliphatic heterocycles. The topological polar surface area (TPSA) is 46.2 Å². The van der Waals surface area contributed by atoms with Gasteiger partial charge in [-0.15, -0.1) is 0 Å². The minimum atomic E-state index is -0.145. The maximum Gasteiger partial charge on any atom is 0.220 e. The van der Waals surface area contributed by atoms with Gasteiger partial charge >= 0.3 is 0 Å². The Morgan fingerprint density at radius 1 is 1.14 bits per heavy atom.